The van der Waals surface area contributed by atoms with E-state index in [1.807, 2.05) is 0 Å². The van der Waals surface area contributed by atoms with Crippen LogP contribution in [0.1, 0.15) is 33.3 Å². The summed E-state index contributed by atoms with van der Waals surface area (Å²) in [6, 6.07) is 8.32. The van der Waals surface area contributed by atoms with Gasteiger partial charge in [0.1, 0.15) is 5.75 Å². The molecule has 0 aliphatic rings. The van der Waals surface area contributed by atoms with Gasteiger partial charge < -0.3 is 4.43 Å². The quantitative estimate of drug-likeness (QED) is 0.684. The van der Waals surface area contributed by atoms with E-state index in [0.29, 0.717) is 11.1 Å². The highest BCUT2D eigenvalue weighted by atomic mass is 28.4. The van der Waals surface area contributed by atoms with Gasteiger partial charge in [-0.2, -0.15) is 0 Å². The van der Waals surface area contributed by atoms with Crippen LogP contribution >= 0.6 is 0 Å². The highest BCUT2D eigenvalue weighted by Gasteiger charge is 2.38. The van der Waals surface area contributed by atoms with Gasteiger partial charge in [0.15, 0.2) is 0 Å². The van der Waals surface area contributed by atoms with Crippen LogP contribution in [0.5, 0.6) is 5.75 Å². The van der Waals surface area contributed by atoms with Crippen LogP contribution in [0.3, 0.4) is 0 Å². The minimum absolute atomic E-state index is 0.632. The summed E-state index contributed by atoms with van der Waals surface area (Å²) in [7, 11) is -1.68. The van der Waals surface area contributed by atoms with Crippen molar-refractivity contribution in [1.82, 2.24) is 0 Å². The summed E-state index contributed by atoms with van der Waals surface area (Å²) in [6.07, 6.45) is 0. The van der Waals surface area contributed by atoms with Crippen molar-refractivity contribution in [3.05, 3.63) is 29.8 Å². The van der Waals surface area contributed by atoms with E-state index in [9.17, 15) is 0 Å². The van der Waals surface area contributed by atoms with Gasteiger partial charge in [-0.25, -0.2) is 0 Å². The normalized spacial score (nSPS) is 12.2. The third-order valence-electron chi connectivity index (χ3n) is 3.72. The van der Waals surface area contributed by atoms with Crippen molar-refractivity contribution in [2.75, 3.05) is 0 Å². The van der Waals surface area contributed by atoms with Crippen molar-refractivity contribution >= 4 is 8.32 Å². The van der Waals surface area contributed by atoms with Crippen LogP contribution < -0.4 is 4.43 Å². The van der Waals surface area contributed by atoms with Crippen LogP contribution in [-0.4, -0.2) is 8.32 Å². The molecule has 0 amide bonds. The molecule has 1 nitrogen and oxygen atoms in total. The summed E-state index contributed by atoms with van der Waals surface area (Å²) >= 11 is 0. The Balaban J connectivity index is 2.98. The Kier molecular flexibility index (Phi) is 4.19. The molecule has 0 saturated carbocycles. The summed E-state index contributed by atoms with van der Waals surface area (Å²) in [6.45, 7) is 13.6. The van der Waals surface area contributed by atoms with Gasteiger partial charge in [0.25, 0.3) is 8.32 Å². The van der Waals surface area contributed by atoms with E-state index >= 15 is 0 Å². The van der Waals surface area contributed by atoms with Gasteiger partial charge in [-0.1, -0.05) is 45.9 Å². The lowest BCUT2D eigenvalue weighted by molar-refractivity contribution is 0.503. The zero-order valence-electron chi connectivity index (χ0n) is 11.4. The first kappa shape index (κ1) is 13.3. The molecule has 0 saturated heterocycles. The molecule has 0 fully saturated rings. The van der Waals surface area contributed by atoms with Gasteiger partial charge >= 0.3 is 0 Å². The average molecular weight is 236 g/mol. The molecule has 1 aromatic rings. The van der Waals surface area contributed by atoms with Gasteiger partial charge in [-0.3, -0.25) is 0 Å². The van der Waals surface area contributed by atoms with Crippen LogP contribution in [0, 0.1) is 6.92 Å². The molecular weight excluding hydrogens is 212 g/mol. The van der Waals surface area contributed by atoms with Crippen LogP contribution in [0.2, 0.25) is 17.6 Å². The fraction of sp³-hybridized carbons (Fsp3) is 0.571. The zero-order valence-corrected chi connectivity index (χ0v) is 12.4. The van der Waals surface area contributed by atoms with E-state index in [4.69, 9.17) is 4.43 Å². The SMILES string of the molecule is Cc1ccccc1O[Si](C)(C(C)C)C(C)C. The van der Waals surface area contributed by atoms with E-state index in [0.717, 1.165) is 5.75 Å². The molecule has 0 unspecified atom stereocenters. The second kappa shape index (κ2) is 5.04. The summed E-state index contributed by atoms with van der Waals surface area (Å²) < 4.78 is 6.39. The van der Waals surface area contributed by atoms with Crippen molar-refractivity contribution < 1.29 is 4.43 Å². The lowest BCUT2D eigenvalue weighted by atomic mass is 10.2. The van der Waals surface area contributed by atoms with Crippen molar-refractivity contribution in [3.63, 3.8) is 0 Å². The smallest absolute Gasteiger partial charge is 0.253 e. The summed E-state index contributed by atoms with van der Waals surface area (Å²) in [5, 5.41) is 0. The fourth-order valence-corrected chi connectivity index (χ4v) is 4.32. The third kappa shape index (κ3) is 2.67. The number of aryl methyl sites for hydroxylation is 1. The van der Waals surface area contributed by atoms with Crippen LogP contribution in [0.4, 0.5) is 0 Å². The highest BCUT2D eigenvalue weighted by molar-refractivity contribution is 6.75. The molecule has 0 radical (unpaired) electrons. The first-order valence-corrected chi connectivity index (χ1v) is 8.69. The Morgan fingerprint density at radius 1 is 1.00 bits per heavy atom. The van der Waals surface area contributed by atoms with Crippen molar-refractivity contribution in [1.29, 1.82) is 0 Å². The number of hydrogen-bond acceptors (Lipinski definition) is 1. The average Bonchev–Trinajstić information content (AvgIpc) is 2.20. The summed E-state index contributed by atoms with van der Waals surface area (Å²) in [5.74, 6) is 1.07. The summed E-state index contributed by atoms with van der Waals surface area (Å²) in [5.41, 5.74) is 2.50. The Labute approximate surface area is 101 Å². The molecule has 0 heterocycles. The molecule has 0 N–H and O–H groups in total. The second-order valence-electron chi connectivity index (χ2n) is 5.36. The first-order chi connectivity index (χ1) is 7.38. The molecule has 0 aliphatic carbocycles. The molecule has 0 spiro atoms. The third-order valence-corrected chi connectivity index (χ3v) is 8.96. The Morgan fingerprint density at radius 2 is 1.50 bits per heavy atom. The Morgan fingerprint density at radius 3 is 1.94 bits per heavy atom. The molecule has 1 rings (SSSR count). The van der Waals surface area contributed by atoms with E-state index in [-0.39, 0.29) is 0 Å². The van der Waals surface area contributed by atoms with E-state index in [1.165, 1.54) is 5.56 Å². The molecule has 0 bridgehead atoms. The van der Waals surface area contributed by atoms with Gasteiger partial charge in [-0.05, 0) is 36.2 Å². The van der Waals surface area contributed by atoms with Crippen LogP contribution in [-0.2, 0) is 0 Å². The monoisotopic (exact) mass is 236 g/mol. The maximum atomic E-state index is 6.39. The van der Waals surface area contributed by atoms with Gasteiger partial charge in [0.2, 0.25) is 0 Å². The standard InChI is InChI=1S/C14H24OSi/c1-11(2)16(6,12(3)4)15-14-10-8-7-9-13(14)5/h7-12H,1-6H3. The van der Waals surface area contributed by atoms with Crippen molar-refractivity contribution in [2.45, 2.75) is 52.2 Å². The molecule has 0 atom stereocenters. The lowest BCUT2D eigenvalue weighted by Gasteiger charge is -2.36. The molecular formula is C14H24OSi. The predicted octanol–water partition coefficient (Wildman–Crippen LogP) is 4.77. The number of hydrogen-bond donors (Lipinski definition) is 0. The number of para-hydroxylation sites is 1. The highest BCUT2D eigenvalue weighted by Crippen LogP contribution is 2.35. The Hall–Kier alpha value is -0.763. The minimum Gasteiger partial charge on any atom is -0.543 e. The summed E-state index contributed by atoms with van der Waals surface area (Å²) in [4.78, 5) is 0. The molecule has 2 heteroatoms. The largest absolute Gasteiger partial charge is 0.543 e. The molecule has 0 aromatic heterocycles. The zero-order chi connectivity index (χ0) is 12.3. The van der Waals surface area contributed by atoms with E-state index in [2.05, 4.69) is 65.4 Å². The van der Waals surface area contributed by atoms with Gasteiger partial charge in [0, 0.05) is 0 Å². The van der Waals surface area contributed by atoms with Crippen LogP contribution in [0.15, 0.2) is 24.3 Å². The Bertz CT molecular complexity index is 336. The maximum absolute atomic E-state index is 6.39. The topological polar surface area (TPSA) is 9.23 Å². The first-order valence-electron chi connectivity index (χ1n) is 6.12. The lowest BCUT2D eigenvalue weighted by Crippen LogP contribution is -2.44. The van der Waals surface area contributed by atoms with Crippen molar-refractivity contribution in [2.24, 2.45) is 0 Å². The number of benzene rings is 1. The van der Waals surface area contributed by atoms with E-state index < -0.39 is 8.32 Å². The minimum atomic E-state index is -1.68. The molecule has 16 heavy (non-hydrogen) atoms. The van der Waals surface area contributed by atoms with Crippen LogP contribution in [0.25, 0.3) is 0 Å². The fourth-order valence-electron chi connectivity index (χ4n) is 1.81. The maximum Gasteiger partial charge on any atom is 0.253 e. The van der Waals surface area contributed by atoms with Crippen molar-refractivity contribution in [3.8, 4) is 5.75 Å². The van der Waals surface area contributed by atoms with E-state index in [1.54, 1.807) is 0 Å². The van der Waals surface area contributed by atoms with Gasteiger partial charge in [0.05, 0.1) is 0 Å². The van der Waals surface area contributed by atoms with Gasteiger partial charge in [-0.15, -0.1) is 0 Å². The number of rotatable bonds is 4. The molecule has 1 aromatic carbocycles. The molecule has 90 valence electrons. The predicted molar refractivity (Wildman–Crippen MR) is 73.6 cm³/mol. The molecule has 0 aliphatic heterocycles. The second-order valence-corrected chi connectivity index (χ2v) is 10.2.